The van der Waals surface area contributed by atoms with Gasteiger partial charge < -0.3 is 9.64 Å². The van der Waals surface area contributed by atoms with E-state index in [2.05, 4.69) is 10.2 Å². The Balaban J connectivity index is 1.49. The third-order valence-electron chi connectivity index (χ3n) is 3.74. The van der Waals surface area contributed by atoms with Crippen molar-refractivity contribution < 1.29 is 9.53 Å². The van der Waals surface area contributed by atoms with Crippen LogP contribution in [0.25, 0.3) is 0 Å². The molecule has 19 heavy (non-hydrogen) atoms. The van der Waals surface area contributed by atoms with Gasteiger partial charge in [0, 0.05) is 37.9 Å². The van der Waals surface area contributed by atoms with Gasteiger partial charge in [-0.3, -0.25) is 4.79 Å². The van der Waals surface area contributed by atoms with E-state index in [1.54, 1.807) is 0 Å². The molecule has 1 saturated carbocycles. The summed E-state index contributed by atoms with van der Waals surface area (Å²) in [7, 11) is 0. The monoisotopic (exact) mass is 261 g/mol. The molecule has 0 N–H and O–H groups in total. The van der Waals surface area contributed by atoms with Crippen molar-refractivity contribution in [3.8, 4) is 5.88 Å². The summed E-state index contributed by atoms with van der Waals surface area (Å²) in [5, 5.41) is 7.99. The predicted octanol–water partition coefficient (Wildman–Crippen LogP) is 1.56. The number of piperidine rings is 1. The second kappa shape index (κ2) is 5.15. The molecule has 2 heterocycles. The molecule has 0 radical (unpaired) electrons. The van der Waals surface area contributed by atoms with E-state index in [0.29, 0.717) is 17.7 Å². The average Bonchev–Trinajstić information content (AvgIpc) is 3.26. The summed E-state index contributed by atoms with van der Waals surface area (Å²) >= 11 is 0. The first-order valence-electron chi connectivity index (χ1n) is 6.98. The van der Waals surface area contributed by atoms with Gasteiger partial charge in [-0.05, 0) is 25.8 Å². The molecule has 5 nitrogen and oxygen atoms in total. The third kappa shape index (κ3) is 3.03. The molecule has 1 aliphatic heterocycles. The van der Waals surface area contributed by atoms with Gasteiger partial charge in [0.15, 0.2) is 0 Å². The molecule has 1 aromatic rings. The van der Waals surface area contributed by atoms with Crippen LogP contribution in [-0.4, -0.2) is 40.2 Å². The minimum Gasteiger partial charge on any atom is -0.473 e. The molecule has 0 aromatic carbocycles. The standard InChI is InChI=1S/C14H19N3O2/c1-10-2-5-13(16-15-10)19-12-6-8-17(9-7-12)14(18)11-3-4-11/h2,5,11-12H,3-4,6-9H2,1H3. The zero-order valence-electron chi connectivity index (χ0n) is 11.2. The van der Waals surface area contributed by atoms with E-state index in [1.807, 2.05) is 24.0 Å². The first kappa shape index (κ1) is 12.4. The third-order valence-corrected chi connectivity index (χ3v) is 3.74. The fourth-order valence-corrected chi connectivity index (χ4v) is 2.40. The molecule has 0 atom stereocenters. The van der Waals surface area contributed by atoms with Crippen molar-refractivity contribution in [2.24, 2.45) is 5.92 Å². The van der Waals surface area contributed by atoms with Crippen LogP contribution in [-0.2, 0) is 4.79 Å². The zero-order valence-corrected chi connectivity index (χ0v) is 11.2. The molecule has 102 valence electrons. The van der Waals surface area contributed by atoms with Gasteiger partial charge in [0.05, 0.1) is 5.69 Å². The van der Waals surface area contributed by atoms with Crippen LogP contribution in [0.1, 0.15) is 31.4 Å². The van der Waals surface area contributed by atoms with Crippen LogP contribution in [0.4, 0.5) is 0 Å². The van der Waals surface area contributed by atoms with Gasteiger partial charge in [0.25, 0.3) is 0 Å². The molecule has 1 saturated heterocycles. The average molecular weight is 261 g/mol. The number of rotatable bonds is 3. The van der Waals surface area contributed by atoms with E-state index in [-0.39, 0.29) is 6.10 Å². The molecule has 0 unspecified atom stereocenters. The summed E-state index contributed by atoms with van der Waals surface area (Å²) in [4.78, 5) is 13.9. The van der Waals surface area contributed by atoms with Crippen LogP contribution >= 0.6 is 0 Å². The van der Waals surface area contributed by atoms with Crippen LogP contribution in [0.15, 0.2) is 12.1 Å². The Morgan fingerprint density at radius 2 is 1.95 bits per heavy atom. The van der Waals surface area contributed by atoms with E-state index in [9.17, 15) is 4.79 Å². The molecule has 2 fully saturated rings. The number of aryl methyl sites for hydroxylation is 1. The van der Waals surface area contributed by atoms with Gasteiger partial charge in [-0.1, -0.05) is 0 Å². The molecule has 3 rings (SSSR count). The largest absolute Gasteiger partial charge is 0.473 e. The first-order valence-corrected chi connectivity index (χ1v) is 6.98. The number of hydrogen-bond donors (Lipinski definition) is 0. The predicted molar refractivity (Wildman–Crippen MR) is 69.7 cm³/mol. The van der Waals surface area contributed by atoms with Gasteiger partial charge in [0.2, 0.25) is 11.8 Å². The highest BCUT2D eigenvalue weighted by molar-refractivity contribution is 5.81. The molecular weight excluding hydrogens is 242 g/mol. The molecule has 1 amide bonds. The molecule has 1 aromatic heterocycles. The zero-order chi connectivity index (χ0) is 13.2. The topological polar surface area (TPSA) is 55.3 Å². The highest BCUT2D eigenvalue weighted by atomic mass is 16.5. The lowest BCUT2D eigenvalue weighted by Crippen LogP contribution is -2.42. The van der Waals surface area contributed by atoms with Crippen molar-refractivity contribution in [1.29, 1.82) is 0 Å². The van der Waals surface area contributed by atoms with E-state index < -0.39 is 0 Å². The summed E-state index contributed by atoms with van der Waals surface area (Å²) in [6, 6.07) is 3.75. The van der Waals surface area contributed by atoms with Crippen LogP contribution in [0.2, 0.25) is 0 Å². The lowest BCUT2D eigenvalue weighted by atomic mass is 10.1. The number of carbonyl (C=O) groups is 1. The molecule has 2 aliphatic rings. The molecule has 0 spiro atoms. The van der Waals surface area contributed by atoms with Crippen LogP contribution in [0, 0.1) is 12.8 Å². The minimum atomic E-state index is 0.153. The van der Waals surface area contributed by atoms with Crippen molar-refractivity contribution in [3.05, 3.63) is 17.8 Å². The summed E-state index contributed by atoms with van der Waals surface area (Å²) in [6.45, 7) is 3.51. The lowest BCUT2D eigenvalue weighted by molar-refractivity contribution is -0.134. The molecule has 0 bridgehead atoms. The van der Waals surface area contributed by atoms with Gasteiger partial charge >= 0.3 is 0 Å². The molecular formula is C14H19N3O2. The lowest BCUT2D eigenvalue weighted by Gasteiger charge is -2.32. The van der Waals surface area contributed by atoms with Crippen LogP contribution < -0.4 is 4.74 Å². The Morgan fingerprint density at radius 3 is 2.53 bits per heavy atom. The number of amides is 1. The van der Waals surface area contributed by atoms with Gasteiger partial charge in [-0.25, -0.2) is 0 Å². The van der Waals surface area contributed by atoms with Gasteiger partial charge in [-0.15, -0.1) is 5.10 Å². The van der Waals surface area contributed by atoms with Crippen molar-refractivity contribution >= 4 is 5.91 Å². The number of ether oxygens (including phenoxy) is 1. The van der Waals surface area contributed by atoms with Gasteiger partial charge in [0.1, 0.15) is 6.10 Å². The normalized spacial score (nSPS) is 20.4. The highest BCUT2D eigenvalue weighted by Crippen LogP contribution is 2.32. The number of likely N-dealkylation sites (tertiary alicyclic amines) is 1. The summed E-state index contributed by atoms with van der Waals surface area (Å²) in [5.41, 5.74) is 0.886. The maximum atomic E-state index is 11.9. The van der Waals surface area contributed by atoms with Crippen molar-refractivity contribution in [3.63, 3.8) is 0 Å². The van der Waals surface area contributed by atoms with Crippen LogP contribution in [0.5, 0.6) is 5.88 Å². The van der Waals surface area contributed by atoms with Crippen LogP contribution in [0.3, 0.4) is 0 Å². The van der Waals surface area contributed by atoms with Gasteiger partial charge in [-0.2, -0.15) is 5.10 Å². The molecule has 5 heteroatoms. The molecule has 1 aliphatic carbocycles. The van der Waals surface area contributed by atoms with Crippen molar-refractivity contribution in [1.82, 2.24) is 15.1 Å². The van der Waals surface area contributed by atoms with E-state index >= 15 is 0 Å². The Labute approximate surface area is 113 Å². The fraction of sp³-hybridized carbons (Fsp3) is 0.643. The number of nitrogens with zero attached hydrogens (tertiary/aromatic N) is 3. The van der Waals surface area contributed by atoms with Crippen molar-refractivity contribution in [2.75, 3.05) is 13.1 Å². The van der Waals surface area contributed by atoms with E-state index in [0.717, 1.165) is 44.5 Å². The Bertz CT molecular complexity index is 448. The second-order valence-corrected chi connectivity index (χ2v) is 5.43. The number of hydrogen-bond acceptors (Lipinski definition) is 4. The Hall–Kier alpha value is -1.65. The smallest absolute Gasteiger partial charge is 0.233 e. The SMILES string of the molecule is Cc1ccc(OC2CCN(C(=O)C3CC3)CC2)nn1. The maximum absolute atomic E-state index is 11.9. The Morgan fingerprint density at radius 1 is 1.21 bits per heavy atom. The summed E-state index contributed by atoms with van der Waals surface area (Å²) in [6.07, 6.45) is 4.07. The van der Waals surface area contributed by atoms with Crippen molar-refractivity contribution in [2.45, 2.75) is 38.7 Å². The quantitative estimate of drug-likeness (QED) is 0.828. The van der Waals surface area contributed by atoms with E-state index in [4.69, 9.17) is 4.74 Å². The summed E-state index contributed by atoms with van der Waals surface area (Å²) < 4.78 is 5.80. The first-order chi connectivity index (χ1) is 9.22. The number of aromatic nitrogens is 2. The Kier molecular flexibility index (Phi) is 3.36. The summed E-state index contributed by atoms with van der Waals surface area (Å²) in [5.74, 6) is 1.24. The van der Waals surface area contributed by atoms with E-state index in [1.165, 1.54) is 0 Å². The fourth-order valence-electron chi connectivity index (χ4n) is 2.40. The minimum absolute atomic E-state index is 0.153. The second-order valence-electron chi connectivity index (χ2n) is 5.43. The maximum Gasteiger partial charge on any atom is 0.233 e. The number of carbonyl (C=O) groups excluding carboxylic acids is 1. The highest BCUT2D eigenvalue weighted by Gasteiger charge is 2.35.